The molecule has 0 bridgehead atoms. The molecule has 6 nitrogen and oxygen atoms in total. The van der Waals surface area contributed by atoms with Gasteiger partial charge in [-0.15, -0.1) is 0 Å². The van der Waals surface area contributed by atoms with E-state index in [0.717, 1.165) is 12.0 Å². The number of carbonyl (C=O) groups is 1. The number of aliphatic hydroxyl groups excluding tert-OH is 1. The van der Waals surface area contributed by atoms with Crippen LogP contribution in [0.2, 0.25) is 0 Å². The van der Waals surface area contributed by atoms with E-state index in [2.05, 4.69) is 0 Å². The molecule has 3 rings (SSSR count). The Morgan fingerprint density at radius 2 is 1.85 bits per heavy atom. The third-order valence-corrected chi connectivity index (χ3v) is 5.59. The third kappa shape index (κ3) is 2.57. The second-order valence-electron chi connectivity index (χ2n) is 8.21. The summed E-state index contributed by atoms with van der Waals surface area (Å²) in [4.78, 5) is 13.3. The van der Waals surface area contributed by atoms with Gasteiger partial charge in [0.2, 0.25) is 11.5 Å². The number of rotatable bonds is 7. The van der Waals surface area contributed by atoms with E-state index in [1.165, 1.54) is 0 Å². The van der Waals surface area contributed by atoms with Gasteiger partial charge < -0.3 is 24.4 Å². The molecule has 6 heteroatoms. The first-order valence-corrected chi connectivity index (χ1v) is 9.49. The van der Waals surface area contributed by atoms with Crippen molar-refractivity contribution in [2.45, 2.75) is 71.7 Å². The number of allylic oxidation sites excluding steroid dienone is 2. The Hall–Kier alpha value is -1.53. The Labute approximate surface area is 154 Å². The molecule has 0 heterocycles. The highest BCUT2D eigenvalue weighted by Crippen LogP contribution is 2.65. The van der Waals surface area contributed by atoms with E-state index in [9.17, 15) is 9.90 Å². The lowest BCUT2D eigenvalue weighted by molar-refractivity contribution is -0.133. The van der Waals surface area contributed by atoms with Crippen molar-refractivity contribution >= 4 is 5.78 Å². The summed E-state index contributed by atoms with van der Waals surface area (Å²) < 4.78 is 17.5. The minimum Gasteiger partial charge on any atom is -0.495 e. The van der Waals surface area contributed by atoms with Crippen molar-refractivity contribution in [1.29, 1.82) is 0 Å². The average Bonchev–Trinajstić information content (AvgIpc) is 3.09. The molecular weight excluding hydrogens is 336 g/mol. The molecule has 0 aromatic carbocycles. The second kappa shape index (κ2) is 6.57. The summed E-state index contributed by atoms with van der Waals surface area (Å²) >= 11 is 0. The van der Waals surface area contributed by atoms with Gasteiger partial charge in [0.25, 0.3) is 0 Å². The monoisotopic (exact) mass is 366 g/mol. The summed E-state index contributed by atoms with van der Waals surface area (Å²) in [5, 5.41) is 21.0. The normalized spacial score (nSPS) is 33.4. The maximum Gasteiger partial charge on any atom is 0.210 e. The van der Waals surface area contributed by atoms with Crippen LogP contribution in [0.15, 0.2) is 22.9 Å². The van der Waals surface area contributed by atoms with Crippen molar-refractivity contribution in [2.75, 3.05) is 13.2 Å². The zero-order chi connectivity index (χ0) is 19.3. The first kappa shape index (κ1) is 19.2. The van der Waals surface area contributed by atoms with Crippen LogP contribution in [0.4, 0.5) is 0 Å². The lowest BCUT2D eigenvalue weighted by atomic mass is 9.75. The first-order valence-electron chi connectivity index (χ1n) is 9.49. The fourth-order valence-corrected chi connectivity index (χ4v) is 4.63. The average molecular weight is 366 g/mol. The van der Waals surface area contributed by atoms with Crippen LogP contribution in [0.1, 0.15) is 53.9 Å². The van der Waals surface area contributed by atoms with Crippen molar-refractivity contribution in [3.05, 3.63) is 22.9 Å². The van der Waals surface area contributed by atoms with Crippen molar-refractivity contribution in [2.24, 2.45) is 11.3 Å². The van der Waals surface area contributed by atoms with Crippen molar-refractivity contribution in [3.8, 4) is 0 Å². The van der Waals surface area contributed by atoms with E-state index >= 15 is 0 Å². The Balaban J connectivity index is 2.16. The van der Waals surface area contributed by atoms with E-state index < -0.39 is 11.0 Å². The van der Waals surface area contributed by atoms with Gasteiger partial charge in [0, 0.05) is 12.0 Å². The molecule has 0 aromatic rings. The maximum atomic E-state index is 13.3. The van der Waals surface area contributed by atoms with Crippen LogP contribution in [0.5, 0.6) is 0 Å². The lowest BCUT2D eigenvalue weighted by Gasteiger charge is -2.34. The van der Waals surface area contributed by atoms with Crippen molar-refractivity contribution in [1.82, 2.24) is 0 Å². The number of ketones is 1. The van der Waals surface area contributed by atoms with E-state index in [0.29, 0.717) is 18.6 Å². The number of hydrogen-bond donors (Lipinski definition) is 2. The van der Waals surface area contributed by atoms with Crippen molar-refractivity contribution < 1.29 is 29.2 Å². The van der Waals surface area contributed by atoms with Crippen LogP contribution in [-0.2, 0) is 19.0 Å². The molecular formula is C20H30O6. The highest BCUT2D eigenvalue weighted by atomic mass is 16.5. The van der Waals surface area contributed by atoms with Gasteiger partial charge in [-0.3, -0.25) is 4.79 Å². The summed E-state index contributed by atoms with van der Waals surface area (Å²) in [5.41, 5.74) is -1.83. The molecule has 3 aliphatic carbocycles. The number of hydrogen-bond acceptors (Lipinski definition) is 6. The minimum absolute atomic E-state index is 0.0778. The Morgan fingerprint density at radius 3 is 2.42 bits per heavy atom. The molecule has 0 saturated heterocycles. The predicted octanol–water partition coefficient (Wildman–Crippen LogP) is 2.44. The Morgan fingerprint density at radius 1 is 1.19 bits per heavy atom. The van der Waals surface area contributed by atoms with Crippen LogP contribution in [0.25, 0.3) is 0 Å². The van der Waals surface area contributed by atoms with Crippen LogP contribution in [0.3, 0.4) is 0 Å². The number of ether oxygens (including phenoxy) is 3. The minimum atomic E-state index is -1.55. The summed E-state index contributed by atoms with van der Waals surface area (Å²) in [6.45, 7) is 9.30. The second-order valence-corrected chi connectivity index (χ2v) is 8.21. The first-order chi connectivity index (χ1) is 12.2. The Kier molecular flexibility index (Phi) is 4.86. The topological polar surface area (TPSA) is 85.2 Å². The predicted molar refractivity (Wildman–Crippen MR) is 94.9 cm³/mol. The lowest BCUT2D eigenvalue weighted by Crippen LogP contribution is -2.45. The number of carbonyl (C=O) groups excluding carboxylic acids is 1. The molecule has 1 fully saturated rings. The van der Waals surface area contributed by atoms with E-state index in [4.69, 9.17) is 19.3 Å². The highest BCUT2D eigenvalue weighted by molar-refractivity contribution is 6.04. The Bertz CT molecular complexity index is 661. The summed E-state index contributed by atoms with van der Waals surface area (Å²) in [7, 11) is 0. The van der Waals surface area contributed by atoms with Crippen LogP contribution < -0.4 is 0 Å². The summed E-state index contributed by atoms with van der Waals surface area (Å²) in [6, 6.07) is 0. The van der Waals surface area contributed by atoms with Crippen LogP contribution in [0, 0.1) is 11.3 Å². The molecule has 3 aliphatic rings. The quantitative estimate of drug-likeness (QED) is 0.720. The number of aliphatic hydroxyl groups is 2. The highest BCUT2D eigenvalue weighted by Gasteiger charge is 2.72. The van der Waals surface area contributed by atoms with Gasteiger partial charge in [-0.1, -0.05) is 0 Å². The van der Waals surface area contributed by atoms with Gasteiger partial charge in [0.15, 0.2) is 11.4 Å². The zero-order valence-electron chi connectivity index (χ0n) is 16.3. The molecule has 0 amide bonds. The zero-order valence-corrected chi connectivity index (χ0v) is 16.3. The van der Waals surface area contributed by atoms with Crippen molar-refractivity contribution in [3.63, 3.8) is 0 Å². The number of fused-ring (bicyclic) bond motifs is 3. The molecule has 0 spiro atoms. The number of Topliss-reactive ketones (excluding diaryl/α,β-unsaturated/α-hetero) is 1. The fraction of sp³-hybridized carbons (Fsp3) is 0.750. The SMILES string of the molecule is CC(C)OC1=C(OC(C)C)[C@]2(O)C3=C(OCCO)CC[C@H]3C[C@]2(C)C1=O. The van der Waals surface area contributed by atoms with E-state index in [-0.39, 0.29) is 48.6 Å². The molecule has 0 radical (unpaired) electrons. The van der Waals surface area contributed by atoms with Gasteiger partial charge in [-0.2, -0.15) is 0 Å². The van der Waals surface area contributed by atoms with E-state index in [1.807, 2.05) is 27.7 Å². The molecule has 0 aromatic heterocycles. The van der Waals surface area contributed by atoms with Crippen LogP contribution in [-0.4, -0.2) is 47.0 Å². The van der Waals surface area contributed by atoms with E-state index in [1.54, 1.807) is 6.92 Å². The molecule has 2 N–H and O–H groups in total. The smallest absolute Gasteiger partial charge is 0.210 e. The molecule has 26 heavy (non-hydrogen) atoms. The largest absolute Gasteiger partial charge is 0.495 e. The molecule has 146 valence electrons. The van der Waals surface area contributed by atoms with Gasteiger partial charge in [0.05, 0.1) is 30.0 Å². The fourth-order valence-electron chi connectivity index (χ4n) is 4.63. The maximum absolute atomic E-state index is 13.3. The van der Waals surface area contributed by atoms with Gasteiger partial charge >= 0.3 is 0 Å². The molecule has 0 aliphatic heterocycles. The molecule has 1 saturated carbocycles. The third-order valence-electron chi connectivity index (χ3n) is 5.59. The summed E-state index contributed by atoms with van der Waals surface area (Å²) in [6.07, 6.45) is 1.65. The standard InChI is InChI=1S/C20H30O6/c1-11(2)25-16-17(22)19(5)10-13-6-7-14(24-9-8-21)15(13)20(19,23)18(16)26-12(3)4/h11-13,21,23H,6-10H2,1-5H3/t13-,19+,20+/m0/s1. The van der Waals surface area contributed by atoms with Gasteiger partial charge in [-0.25, -0.2) is 0 Å². The van der Waals surface area contributed by atoms with Gasteiger partial charge in [0.1, 0.15) is 6.61 Å². The molecule has 0 unspecified atom stereocenters. The summed E-state index contributed by atoms with van der Waals surface area (Å²) in [5.74, 6) is 0.914. The van der Waals surface area contributed by atoms with Crippen LogP contribution >= 0.6 is 0 Å². The molecule has 3 atom stereocenters. The van der Waals surface area contributed by atoms with Gasteiger partial charge in [-0.05, 0) is 53.4 Å².